The topological polar surface area (TPSA) is 55.4 Å². The number of ether oxygens (including phenoxy) is 1. The van der Waals surface area contributed by atoms with Gasteiger partial charge in [0, 0.05) is 12.1 Å². The maximum absolute atomic E-state index is 12.7. The molecule has 0 spiro atoms. The molecule has 0 aliphatic heterocycles. The first-order valence-corrected chi connectivity index (χ1v) is 6.86. The van der Waals surface area contributed by atoms with Crippen LogP contribution in [-0.2, 0) is 11.2 Å². The predicted octanol–water partition coefficient (Wildman–Crippen LogP) is 2.38. The molecule has 2 aromatic rings. The van der Waals surface area contributed by atoms with Gasteiger partial charge in [0.05, 0.1) is 0 Å². The lowest BCUT2D eigenvalue weighted by Gasteiger charge is -2.08. The van der Waals surface area contributed by atoms with Gasteiger partial charge in [0.1, 0.15) is 17.9 Å². The molecule has 2 aromatic carbocycles. The maximum atomic E-state index is 12.7. The Bertz CT molecular complexity index is 641. The highest BCUT2D eigenvalue weighted by atomic mass is 19.1. The van der Waals surface area contributed by atoms with Crippen LogP contribution in [0.15, 0.2) is 48.5 Å². The van der Waals surface area contributed by atoms with Crippen molar-refractivity contribution in [2.24, 2.45) is 0 Å². The van der Waals surface area contributed by atoms with Crippen molar-refractivity contribution in [2.45, 2.75) is 6.42 Å². The van der Waals surface area contributed by atoms with E-state index in [1.54, 1.807) is 36.4 Å². The smallest absolute Gasteiger partial charge is 0.257 e. The Hall–Kier alpha value is -2.69. The van der Waals surface area contributed by atoms with Crippen LogP contribution in [0.5, 0.6) is 5.75 Å². The van der Waals surface area contributed by atoms with E-state index in [1.807, 2.05) is 0 Å². The van der Waals surface area contributed by atoms with E-state index in [0.29, 0.717) is 24.3 Å². The molecule has 0 unspecified atom stereocenters. The summed E-state index contributed by atoms with van der Waals surface area (Å²) in [4.78, 5) is 22.3. The normalized spacial score (nSPS) is 10.0. The van der Waals surface area contributed by atoms with E-state index in [1.165, 1.54) is 12.1 Å². The summed E-state index contributed by atoms with van der Waals surface area (Å²) >= 11 is 0. The highest BCUT2D eigenvalue weighted by Crippen LogP contribution is 2.11. The summed E-state index contributed by atoms with van der Waals surface area (Å²) in [5.74, 6) is -0.0596. The molecular formula is C17H16FNO3. The van der Waals surface area contributed by atoms with Crippen molar-refractivity contribution in [3.63, 3.8) is 0 Å². The van der Waals surface area contributed by atoms with Crippen LogP contribution in [0.25, 0.3) is 0 Å². The summed E-state index contributed by atoms with van der Waals surface area (Å²) < 4.78 is 18.1. The van der Waals surface area contributed by atoms with Gasteiger partial charge in [-0.2, -0.15) is 0 Å². The second-order valence-electron chi connectivity index (χ2n) is 4.71. The molecule has 114 valence electrons. The van der Waals surface area contributed by atoms with Crippen LogP contribution in [-0.4, -0.2) is 25.3 Å². The van der Waals surface area contributed by atoms with Crippen molar-refractivity contribution in [1.82, 2.24) is 5.32 Å². The first-order valence-electron chi connectivity index (χ1n) is 6.86. The number of carbonyl (C=O) groups excluding carboxylic acids is 2. The number of benzene rings is 2. The van der Waals surface area contributed by atoms with Gasteiger partial charge in [0.25, 0.3) is 5.91 Å². The molecule has 0 aromatic heterocycles. The lowest BCUT2D eigenvalue weighted by molar-refractivity contribution is -0.123. The fraction of sp³-hybridized carbons (Fsp3) is 0.176. The van der Waals surface area contributed by atoms with Crippen molar-refractivity contribution in [3.05, 3.63) is 65.5 Å². The number of amides is 1. The SMILES string of the molecule is O=Cc1cccc(OCC(=O)NCCc2ccc(F)cc2)c1. The quantitative estimate of drug-likeness (QED) is 0.799. The minimum atomic E-state index is -0.279. The zero-order valence-electron chi connectivity index (χ0n) is 11.9. The molecule has 1 amide bonds. The number of hydrogen-bond acceptors (Lipinski definition) is 3. The molecule has 2 rings (SSSR count). The molecule has 1 N–H and O–H groups in total. The Morgan fingerprint density at radius 1 is 1.18 bits per heavy atom. The molecule has 4 nitrogen and oxygen atoms in total. The molecule has 5 heteroatoms. The van der Waals surface area contributed by atoms with Crippen LogP contribution < -0.4 is 10.1 Å². The van der Waals surface area contributed by atoms with E-state index in [-0.39, 0.29) is 18.3 Å². The third-order valence-corrected chi connectivity index (χ3v) is 3.01. The summed E-state index contributed by atoms with van der Waals surface area (Å²) in [5.41, 5.74) is 1.44. The molecule has 0 atom stereocenters. The second-order valence-corrected chi connectivity index (χ2v) is 4.71. The van der Waals surface area contributed by atoms with Crippen molar-refractivity contribution in [2.75, 3.05) is 13.2 Å². The maximum Gasteiger partial charge on any atom is 0.257 e. The van der Waals surface area contributed by atoms with Crippen LogP contribution in [0.3, 0.4) is 0 Å². The van der Waals surface area contributed by atoms with Crippen LogP contribution in [0.4, 0.5) is 4.39 Å². The number of aldehydes is 1. The Morgan fingerprint density at radius 3 is 2.68 bits per heavy atom. The summed E-state index contributed by atoms with van der Waals surface area (Å²) in [6.07, 6.45) is 1.34. The average Bonchev–Trinajstić information content (AvgIpc) is 2.55. The molecule has 0 aliphatic carbocycles. The van der Waals surface area contributed by atoms with Gasteiger partial charge in [-0.1, -0.05) is 24.3 Å². The minimum absolute atomic E-state index is 0.119. The molecule has 0 saturated heterocycles. The molecule has 0 aliphatic rings. The molecule has 0 saturated carbocycles. The van der Waals surface area contributed by atoms with Crippen molar-refractivity contribution in [1.29, 1.82) is 0 Å². The standard InChI is InChI=1S/C17H16FNO3/c18-15-6-4-13(5-7-15)8-9-19-17(21)12-22-16-3-1-2-14(10-16)11-20/h1-7,10-11H,8-9,12H2,(H,19,21). The number of halogens is 1. The van der Waals surface area contributed by atoms with Gasteiger partial charge in [-0.3, -0.25) is 9.59 Å². The lowest BCUT2D eigenvalue weighted by Crippen LogP contribution is -2.30. The Balaban J connectivity index is 1.71. The molecule has 22 heavy (non-hydrogen) atoms. The third kappa shape index (κ3) is 5.01. The van der Waals surface area contributed by atoms with Gasteiger partial charge in [-0.25, -0.2) is 4.39 Å². The average molecular weight is 301 g/mol. The van der Waals surface area contributed by atoms with Gasteiger partial charge in [0.2, 0.25) is 0 Å². The number of rotatable bonds is 7. The third-order valence-electron chi connectivity index (χ3n) is 3.01. The van der Waals surface area contributed by atoms with E-state index in [4.69, 9.17) is 4.74 Å². The number of hydrogen-bond donors (Lipinski definition) is 1. The van der Waals surface area contributed by atoms with Crippen LogP contribution in [0, 0.1) is 5.82 Å². The van der Waals surface area contributed by atoms with E-state index in [9.17, 15) is 14.0 Å². The van der Waals surface area contributed by atoms with Crippen molar-refractivity contribution < 1.29 is 18.7 Å². The number of carbonyl (C=O) groups is 2. The lowest BCUT2D eigenvalue weighted by atomic mass is 10.1. The fourth-order valence-corrected chi connectivity index (χ4v) is 1.87. The van der Waals surface area contributed by atoms with Crippen LogP contribution >= 0.6 is 0 Å². The summed E-state index contributed by atoms with van der Waals surface area (Å²) in [6.45, 7) is 0.327. The zero-order chi connectivity index (χ0) is 15.8. The Morgan fingerprint density at radius 2 is 1.95 bits per heavy atom. The predicted molar refractivity (Wildman–Crippen MR) is 80.4 cm³/mol. The highest BCUT2D eigenvalue weighted by molar-refractivity contribution is 5.78. The van der Waals surface area contributed by atoms with Gasteiger partial charge >= 0.3 is 0 Å². The molecular weight excluding hydrogens is 285 g/mol. The van der Waals surface area contributed by atoms with E-state index in [2.05, 4.69) is 5.32 Å². The van der Waals surface area contributed by atoms with Crippen molar-refractivity contribution in [3.8, 4) is 5.75 Å². The molecule has 0 heterocycles. The van der Waals surface area contributed by atoms with E-state index < -0.39 is 0 Å². The summed E-state index contributed by atoms with van der Waals surface area (Å²) in [7, 11) is 0. The molecule has 0 bridgehead atoms. The second kappa shape index (κ2) is 7.93. The van der Waals surface area contributed by atoms with Crippen LogP contribution in [0.1, 0.15) is 15.9 Å². The van der Waals surface area contributed by atoms with Crippen LogP contribution in [0.2, 0.25) is 0 Å². The Labute approximate surface area is 127 Å². The highest BCUT2D eigenvalue weighted by Gasteiger charge is 2.03. The van der Waals surface area contributed by atoms with Gasteiger partial charge in [0.15, 0.2) is 6.61 Å². The van der Waals surface area contributed by atoms with Gasteiger partial charge in [-0.05, 0) is 36.2 Å². The zero-order valence-corrected chi connectivity index (χ0v) is 11.9. The van der Waals surface area contributed by atoms with E-state index >= 15 is 0 Å². The first-order chi connectivity index (χ1) is 10.7. The monoisotopic (exact) mass is 301 g/mol. The Kier molecular flexibility index (Phi) is 5.65. The molecule has 0 radical (unpaired) electrons. The van der Waals surface area contributed by atoms with Gasteiger partial charge in [-0.15, -0.1) is 0 Å². The van der Waals surface area contributed by atoms with E-state index in [0.717, 1.165) is 11.8 Å². The largest absolute Gasteiger partial charge is 0.484 e. The number of nitrogens with one attached hydrogen (secondary N) is 1. The fourth-order valence-electron chi connectivity index (χ4n) is 1.87. The summed E-state index contributed by atoms with van der Waals surface area (Å²) in [6, 6.07) is 12.7. The summed E-state index contributed by atoms with van der Waals surface area (Å²) in [5, 5.41) is 2.72. The first kappa shape index (κ1) is 15.7. The van der Waals surface area contributed by atoms with Crippen molar-refractivity contribution >= 4 is 12.2 Å². The minimum Gasteiger partial charge on any atom is -0.484 e. The molecule has 0 fully saturated rings. The van der Waals surface area contributed by atoms with Gasteiger partial charge < -0.3 is 10.1 Å².